The van der Waals surface area contributed by atoms with Crippen LogP contribution in [0.15, 0.2) is 35.1 Å². The Bertz CT molecular complexity index is 663. The number of pyridine rings is 1. The van der Waals surface area contributed by atoms with E-state index in [1.54, 1.807) is 4.57 Å². The van der Waals surface area contributed by atoms with Crippen molar-refractivity contribution in [2.45, 2.75) is 19.2 Å². The van der Waals surface area contributed by atoms with Gasteiger partial charge in [0.25, 0.3) is 5.56 Å². The van der Waals surface area contributed by atoms with E-state index in [4.69, 9.17) is 5.11 Å². The lowest BCUT2D eigenvalue weighted by atomic mass is 10.1. The van der Waals surface area contributed by atoms with Crippen LogP contribution in [0.2, 0.25) is 0 Å². The van der Waals surface area contributed by atoms with E-state index in [-0.39, 0.29) is 11.3 Å². The second-order valence-electron chi connectivity index (χ2n) is 4.16. The average Bonchev–Trinajstić information content (AvgIpc) is 2.39. The van der Waals surface area contributed by atoms with E-state index in [0.717, 1.165) is 10.9 Å². The Hall–Kier alpha value is -1.75. The molecule has 100 valence electrons. The summed E-state index contributed by atoms with van der Waals surface area (Å²) in [4.78, 5) is 22.8. The number of nitrogens with zero attached hydrogens (tertiary/aromatic N) is 1. The number of benzene rings is 1. The number of aryl methyl sites for hydroxylation is 1. The summed E-state index contributed by atoms with van der Waals surface area (Å²) in [6.45, 7) is 2.54. The third kappa shape index (κ3) is 2.98. The molecule has 0 unspecified atom stereocenters. The van der Waals surface area contributed by atoms with Crippen molar-refractivity contribution in [2.75, 3.05) is 5.75 Å². The van der Waals surface area contributed by atoms with Gasteiger partial charge >= 0.3 is 5.97 Å². The molecule has 1 aromatic carbocycles. The van der Waals surface area contributed by atoms with Crippen LogP contribution in [-0.2, 0) is 17.1 Å². The second-order valence-corrected chi connectivity index (χ2v) is 5.15. The minimum Gasteiger partial charge on any atom is -0.481 e. The Balaban J connectivity index is 2.41. The third-order valence-electron chi connectivity index (χ3n) is 2.88. The number of hydrogen-bond acceptors (Lipinski definition) is 3. The fourth-order valence-corrected chi connectivity index (χ4v) is 2.76. The Morgan fingerprint density at radius 3 is 2.79 bits per heavy atom. The van der Waals surface area contributed by atoms with E-state index in [0.29, 0.717) is 17.9 Å². The minimum absolute atomic E-state index is 0.0123. The zero-order valence-corrected chi connectivity index (χ0v) is 11.4. The van der Waals surface area contributed by atoms with Crippen LogP contribution in [-0.4, -0.2) is 21.4 Å². The quantitative estimate of drug-likeness (QED) is 0.911. The molecule has 1 heterocycles. The van der Waals surface area contributed by atoms with Gasteiger partial charge in [0.2, 0.25) is 0 Å². The zero-order valence-electron chi connectivity index (χ0n) is 10.6. The van der Waals surface area contributed by atoms with Gasteiger partial charge in [0, 0.05) is 17.9 Å². The molecule has 4 nitrogen and oxygen atoms in total. The molecular weight excluding hydrogens is 262 g/mol. The molecule has 0 saturated heterocycles. The van der Waals surface area contributed by atoms with Crippen molar-refractivity contribution in [1.82, 2.24) is 4.57 Å². The fourth-order valence-electron chi connectivity index (χ4n) is 2.05. The van der Waals surface area contributed by atoms with Crippen LogP contribution in [0.25, 0.3) is 10.9 Å². The normalized spacial score (nSPS) is 10.8. The van der Waals surface area contributed by atoms with Crippen molar-refractivity contribution in [3.63, 3.8) is 0 Å². The van der Waals surface area contributed by atoms with E-state index >= 15 is 0 Å². The number of rotatable bonds is 5. The van der Waals surface area contributed by atoms with Crippen LogP contribution in [0.3, 0.4) is 0 Å². The predicted molar refractivity (Wildman–Crippen MR) is 77.7 cm³/mol. The lowest BCUT2D eigenvalue weighted by molar-refractivity contribution is -0.133. The summed E-state index contributed by atoms with van der Waals surface area (Å²) < 4.78 is 1.73. The Morgan fingerprint density at radius 2 is 2.11 bits per heavy atom. The van der Waals surface area contributed by atoms with Crippen LogP contribution in [0.1, 0.15) is 12.5 Å². The molecule has 0 amide bonds. The SMILES string of the molecule is CCn1c(=O)c(CSCC(=O)O)cc2ccccc21. The van der Waals surface area contributed by atoms with Crippen molar-refractivity contribution in [2.24, 2.45) is 0 Å². The molecule has 1 N–H and O–H groups in total. The number of thioether (sulfide) groups is 1. The predicted octanol–water partition coefficient (Wildman–Crippen LogP) is 2.34. The van der Waals surface area contributed by atoms with Gasteiger partial charge in [-0.15, -0.1) is 11.8 Å². The van der Waals surface area contributed by atoms with Gasteiger partial charge < -0.3 is 9.67 Å². The highest BCUT2D eigenvalue weighted by Crippen LogP contribution is 2.16. The average molecular weight is 277 g/mol. The van der Waals surface area contributed by atoms with E-state index < -0.39 is 5.97 Å². The zero-order chi connectivity index (χ0) is 13.8. The summed E-state index contributed by atoms with van der Waals surface area (Å²) in [6, 6.07) is 9.59. The number of hydrogen-bond donors (Lipinski definition) is 1. The number of carbonyl (C=O) groups is 1. The monoisotopic (exact) mass is 277 g/mol. The Labute approximate surface area is 115 Å². The van der Waals surface area contributed by atoms with Gasteiger partial charge in [-0.2, -0.15) is 0 Å². The first kappa shape index (κ1) is 13.7. The summed E-state index contributed by atoms with van der Waals surface area (Å²) in [6.07, 6.45) is 0. The highest BCUT2D eigenvalue weighted by atomic mass is 32.2. The van der Waals surface area contributed by atoms with Crippen LogP contribution < -0.4 is 5.56 Å². The first-order valence-electron chi connectivity index (χ1n) is 6.04. The molecule has 0 fully saturated rings. The van der Waals surface area contributed by atoms with Crippen molar-refractivity contribution in [1.29, 1.82) is 0 Å². The van der Waals surface area contributed by atoms with Gasteiger partial charge in [-0.1, -0.05) is 18.2 Å². The molecular formula is C14H15NO3S. The molecule has 0 aliphatic carbocycles. The van der Waals surface area contributed by atoms with Crippen LogP contribution >= 0.6 is 11.8 Å². The number of carboxylic acid groups (broad SMARTS) is 1. The van der Waals surface area contributed by atoms with Crippen LogP contribution in [0.5, 0.6) is 0 Å². The molecule has 1 aromatic heterocycles. The Morgan fingerprint density at radius 1 is 1.37 bits per heavy atom. The number of aliphatic carboxylic acids is 1. The van der Waals surface area contributed by atoms with Crippen molar-refractivity contribution in [3.8, 4) is 0 Å². The lowest BCUT2D eigenvalue weighted by Crippen LogP contribution is -2.23. The molecule has 0 radical (unpaired) electrons. The summed E-state index contributed by atoms with van der Waals surface area (Å²) in [5.41, 5.74) is 1.55. The van der Waals surface area contributed by atoms with E-state index in [1.165, 1.54) is 11.8 Å². The highest BCUT2D eigenvalue weighted by Gasteiger charge is 2.08. The van der Waals surface area contributed by atoms with Crippen LogP contribution in [0, 0.1) is 0 Å². The lowest BCUT2D eigenvalue weighted by Gasteiger charge is -2.10. The van der Waals surface area contributed by atoms with Gasteiger partial charge in [0.05, 0.1) is 11.3 Å². The summed E-state index contributed by atoms with van der Waals surface area (Å²) in [5, 5.41) is 9.64. The number of fused-ring (bicyclic) bond motifs is 1. The first-order chi connectivity index (χ1) is 9.13. The maximum absolute atomic E-state index is 12.3. The van der Waals surface area contributed by atoms with Gasteiger partial charge in [-0.05, 0) is 24.4 Å². The number of aromatic nitrogens is 1. The standard InChI is InChI=1S/C14H15NO3S/c1-2-15-12-6-4-3-5-10(12)7-11(14(15)18)8-19-9-13(16)17/h3-7H,2,8-9H2,1H3,(H,16,17). The smallest absolute Gasteiger partial charge is 0.313 e. The molecule has 0 saturated carbocycles. The van der Waals surface area contributed by atoms with E-state index in [2.05, 4.69) is 0 Å². The molecule has 19 heavy (non-hydrogen) atoms. The van der Waals surface area contributed by atoms with Gasteiger partial charge in [-0.25, -0.2) is 0 Å². The molecule has 0 aliphatic heterocycles. The van der Waals surface area contributed by atoms with E-state index in [1.807, 2.05) is 37.3 Å². The minimum atomic E-state index is -0.860. The third-order valence-corrected chi connectivity index (χ3v) is 3.84. The molecule has 5 heteroatoms. The Kier molecular flexibility index (Phi) is 4.27. The van der Waals surface area contributed by atoms with Crippen molar-refractivity contribution < 1.29 is 9.90 Å². The number of para-hydroxylation sites is 1. The summed E-state index contributed by atoms with van der Waals surface area (Å²) in [5.74, 6) is -0.421. The van der Waals surface area contributed by atoms with Gasteiger partial charge in [0.1, 0.15) is 0 Å². The highest BCUT2D eigenvalue weighted by molar-refractivity contribution is 7.99. The van der Waals surface area contributed by atoms with E-state index in [9.17, 15) is 9.59 Å². The van der Waals surface area contributed by atoms with Crippen molar-refractivity contribution >= 4 is 28.6 Å². The topological polar surface area (TPSA) is 59.3 Å². The number of carboxylic acids is 1. The van der Waals surface area contributed by atoms with Gasteiger partial charge in [0.15, 0.2) is 0 Å². The second kappa shape index (κ2) is 5.93. The maximum atomic E-state index is 12.3. The molecule has 0 aliphatic rings. The molecule has 2 rings (SSSR count). The maximum Gasteiger partial charge on any atom is 0.313 e. The largest absolute Gasteiger partial charge is 0.481 e. The molecule has 2 aromatic rings. The fraction of sp³-hybridized carbons (Fsp3) is 0.286. The molecule has 0 atom stereocenters. The first-order valence-corrected chi connectivity index (χ1v) is 7.20. The van der Waals surface area contributed by atoms with Crippen molar-refractivity contribution in [3.05, 3.63) is 46.2 Å². The summed E-state index contributed by atoms with van der Waals surface area (Å²) in [7, 11) is 0. The molecule has 0 bridgehead atoms. The van der Waals surface area contributed by atoms with Crippen LogP contribution in [0.4, 0.5) is 0 Å². The molecule has 0 spiro atoms. The summed E-state index contributed by atoms with van der Waals surface area (Å²) >= 11 is 1.24. The van der Waals surface area contributed by atoms with Gasteiger partial charge in [-0.3, -0.25) is 9.59 Å².